The third-order valence-corrected chi connectivity index (χ3v) is 14.3. The Morgan fingerprint density at radius 2 is 1.61 bits per heavy atom. The minimum Gasteiger partial charge on any atom is -0.414 e. The van der Waals surface area contributed by atoms with Gasteiger partial charge in [0, 0.05) is 6.10 Å². The molecular weight excluding hydrogens is 412 g/mol. The first-order chi connectivity index (χ1) is 13.9. The Bertz CT molecular complexity index is 626. The lowest BCUT2D eigenvalue weighted by molar-refractivity contribution is -0.00395. The van der Waals surface area contributed by atoms with E-state index in [1.807, 2.05) is 0 Å². The predicted octanol–water partition coefficient (Wildman–Crippen LogP) is 8.95. The second-order valence-corrected chi connectivity index (χ2v) is 23.2. The van der Waals surface area contributed by atoms with Crippen molar-refractivity contribution in [1.82, 2.24) is 0 Å². The van der Waals surface area contributed by atoms with Gasteiger partial charge in [0.05, 0.1) is 5.60 Å². The number of fused-ring (bicyclic) bond motifs is 1. The van der Waals surface area contributed by atoms with E-state index in [9.17, 15) is 0 Å². The lowest BCUT2D eigenvalue weighted by atomic mass is 9.62. The molecule has 0 heterocycles. The normalized spacial score (nSPS) is 30.4. The highest BCUT2D eigenvalue weighted by atomic mass is 28.4. The van der Waals surface area contributed by atoms with Crippen molar-refractivity contribution in [3.8, 4) is 0 Å². The van der Waals surface area contributed by atoms with Crippen LogP contribution >= 0.6 is 0 Å². The molecule has 0 aromatic heterocycles. The zero-order valence-corrected chi connectivity index (χ0v) is 24.9. The van der Waals surface area contributed by atoms with Gasteiger partial charge in [0.15, 0.2) is 16.6 Å². The Morgan fingerprint density at radius 1 is 1.00 bits per heavy atom. The molecule has 31 heavy (non-hydrogen) atoms. The van der Waals surface area contributed by atoms with Crippen LogP contribution in [0.5, 0.6) is 0 Å². The van der Waals surface area contributed by atoms with Gasteiger partial charge in [-0.05, 0) is 114 Å². The first-order valence-corrected chi connectivity index (χ1v) is 19.3. The quantitative estimate of drug-likeness (QED) is 0.249. The molecule has 0 aromatic rings. The van der Waals surface area contributed by atoms with Gasteiger partial charge in [-0.3, -0.25) is 0 Å². The molecule has 2 nitrogen and oxygen atoms in total. The summed E-state index contributed by atoms with van der Waals surface area (Å²) in [5.41, 5.74) is 1.87. The van der Waals surface area contributed by atoms with Crippen molar-refractivity contribution in [2.75, 3.05) is 0 Å². The Hall–Kier alpha value is 0.0938. The lowest BCUT2D eigenvalue weighted by Gasteiger charge is -2.49. The summed E-state index contributed by atoms with van der Waals surface area (Å²) < 4.78 is 13.4. The smallest absolute Gasteiger partial charge is 0.192 e. The van der Waals surface area contributed by atoms with Crippen LogP contribution in [0, 0.1) is 17.3 Å². The monoisotopic (exact) mass is 466 g/mol. The molecule has 182 valence electrons. The third kappa shape index (κ3) is 6.80. The van der Waals surface area contributed by atoms with Crippen LogP contribution in [0.4, 0.5) is 0 Å². The standard InChI is InChI=1S/C27H54O2Si2/c1-21(15-13-19-26(5,6)29-30(8,9)10)22-17-18-23-24(16-14-20-27(22,23)7)28-31(11,12)25(2,3)4/h22-24H,1,13-20H2,2-12H3/t22-,23+,24+,27-/m1/s1. The Morgan fingerprint density at radius 3 is 2.16 bits per heavy atom. The summed E-state index contributed by atoms with van der Waals surface area (Å²) in [5.74, 6) is 1.38. The fourth-order valence-electron chi connectivity index (χ4n) is 6.28. The number of hydrogen-bond donors (Lipinski definition) is 0. The Balaban J connectivity index is 2.00. The summed E-state index contributed by atoms with van der Waals surface area (Å²) in [6.45, 7) is 30.6. The molecule has 4 atom stereocenters. The van der Waals surface area contributed by atoms with Crippen LogP contribution in [0.3, 0.4) is 0 Å². The maximum absolute atomic E-state index is 7.02. The van der Waals surface area contributed by atoms with Crippen LogP contribution in [-0.4, -0.2) is 28.3 Å². The number of rotatable bonds is 9. The molecule has 0 aromatic carbocycles. The summed E-state index contributed by atoms with van der Waals surface area (Å²) in [6.07, 6.45) is 10.5. The number of hydrogen-bond acceptors (Lipinski definition) is 2. The van der Waals surface area contributed by atoms with Crippen molar-refractivity contribution in [1.29, 1.82) is 0 Å². The van der Waals surface area contributed by atoms with Crippen LogP contribution < -0.4 is 0 Å². The maximum atomic E-state index is 7.02. The van der Waals surface area contributed by atoms with E-state index in [2.05, 4.69) is 80.9 Å². The molecule has 0 saturated heterocycles. The van der Waals surface area contributed by atoms with Crippen LogP contribution in [0.2, 0.25) is 37.8 Å². The number of allylic oxidation sites excluding steroid dienone is 1. The third-order valence-electron chi connectivity index (χ3n) is 8.67. The molecule has 0 unspecified atom stereocenters. The molecule has 0 spiro atoms. The highest BCUT2D eigenvalue weighted by molar-refractivity contribution is 6.74. The first kappa shape index (κ1) is 27.3. The second kappa shape index (κ2) is 9.39. The van der Waals surface area contributed by atoms with Gasteiger partial charge in [-0.1, -0.05) is 46.3 Å². The van der Waals surface area contributed by atoms with E-state index in [4.69, 9.17) is 8.85 Å². The van der Waals surface area contributed by atoms with Crippen LogP contribution in [-0.2, 0) is 8.85 Å². The highest BCUT2D eigenvalue weighted by Gasteiger charge is 2.53. The zero-order chi connectivity index (χ0) is 23.9. The van der Waals surface area contributed by atoms with Crippen molar-refractivity contribution in [3.63, 3.8) is 0 Å². The zero-order valence-electron chi connectivity index (χ0n) is 22.9. The van der Waals surface area contributed by atoms with Gasteiger partial charge in [0.2, 0.25) is 0 Å². The fourth-order valence-corrected chi connectivity index (χ4v) is 9.43. The average molecular weight is 467 g/mol. The SMILES string of the molecule is C=C(CCCC(C)(C)O[Si](C)(C)C)[C@H]1CC[C@H]2[C@@H](O[Si](C)(C)C(C)(C)C)CCC[C@]12C. The van der Waals surface area contributed by atoms with Gasteiger partial charge in [-0.2, -0.15) is 0 Å². The summed E-state index contributed by atoms with van der Waals surface area (Å²) >= 11 is 0. The largest absolute Gasteiger partial charge is 0.414 e. The second-order valence-electron chi connectivity index (χ2n) is 14.0. The van der Waals surface area contributed by atoms with Gasteiger partial charge in [-0.15, -0.1) is 0 Å². The van der Waals surface area contributed by atoms with Crippen molar-refractivity contribution < 1.29 is 8.85 Å². The summed E-state index contributed by atoms with van der Waals surface area (Å²) in [7, 11) is -3.23. The highest BCUT2D eigenvalue weighted by Crippen LogP contribution is 2.59. The summed E-state index contributed by atoms with van der Waals surface area (Å²) in [6, 6.07) is 0. The van der Waals surface area contributed by atoms with E-state index in [1.165, 1.54) is 44.1 Å². The summed E-state index contributed by atoms with van der Waals surface area (Å²) in [4.78, 5) is 0. The topological polar surface area (TPSA) is 18.5 Å². The lowest BCUT2D eigenvalue weighted by Crippen LogP contribution is -2.49. The van der Waals surface area contributed by atoms with Crippen LogP contribution in [0.1, 0.15) is 92.9 Å². The van der Waals surface area contributed by atoms with Crippen LogP contribution in [0.25, 0.3) is 0 Å². The van der Waals surface area contributed by atoms with Gasteiger partial charge in [-0.25, -0.2) is 0 Å². The molecule has 0 aliphatic heterocycles. The maximum Gasteiger partial charge on any atom is 0.192 e. The Kier molecular flexibility index (Phi) is 8.28. The van der Waals surface area contributed by atoms with Crippen molar-refractivity contribution in [3.05, 3.63) is 12.2 Å². The van der Waals surface area contributed by atoms with E-state index in [0.717, 1.165) is 12.8 Å². The average Bonchev–Trinajstić information content (AvgIpc) is 2.89. The molecule has 4 heteroatoms. The fraction of sp³-hybridized carbons (Fsp3) is 0.926. The first-order valence-electron chi connectivity index (χ1n) is 12.9. The molecule has 2 rings (SSSR count). The Labute approximate surface area is 197 Å². The van der Waals surface area contributed by atoms with Gasteiger partial charge in [0.25, 0.3) is 0 Å². The minimum absolute atomic E-state index is 0.0141. The van der Waals surface area contributed by atoms with E-state index < -0.39 is 16.6 Å². The predicted molar refractivity (Wildman–Crippen MR) is 142 cm³/mol. The van der Waals surface area contributed by atoms with Gasteiger partial charge < -0.3 is 8.85 Å². The molecule has 0 bridgehead atoms. The molecule has 2 aliphatic carbocycles. The molecule has 0 N–H and O–H groups in total. The molecule has 0 amide bonds. The van der Waals surface area contributed by atoms with E-state index >= 15 is 0 Å². The summed E-state index contributed by atoms with van der Waals surface area (Å²) in [5, 5.41) is 0.285. The van der Waals surface area contributed by atoms with E-state index in [1.54, 1.807) is 0 Å². The van der Waals surface area contributed by atoms with Crippen LogP contribution in [0.15, 0.2) is 12.2 Å². The van der Waals surface area contributed by atoms with E-state index in [-0.39, 0.29) is 10.6 Å². The molecule has 0 radical (unpaired) electrons. The van der Waals surface area contributed by atoms with Crippen molar-refractivity contribution in [2.24, 2.45) is 17.3 Å². The molecule has 2 aliphatic rings. The van der Waals surface area contributed by atoms with Crippen molar-refractivity contribution in [2.45, 2.75) is 142 Å². The molecule has 2 saturated carbocycles. The molecular formula is C27H54O2Si2. The van der Waals surface area contributed by atoms with Gasteiger partial charge >= 0.3 is 0 Å². The molecule has 2 fully saturated rings. The minimum atomic E-state index is -1.73. The van der Waals surface area contributed by atoms with Crippen molar-refractivity contribution >= 4 is 16.6 Å². The van der Waals surface area contributed by atoms with Gasteiger partial charge in [0.1, 0.15) is 0 Å². The van der Waals surface area contributed by atoms with E-state index in [0.29, 0.717) is 23.4 Å².